The summed E-state index contributed by atoms with van der Waals surface area (Å²) in [7, 11) is 0. The Morgan fingerprint density at radius 3 is 2.83 bits per heavy atom. The zero-order valence-corrected chi connectivity index (χ0v) is 15.7. The molecule has 6 heteroatoms. The zero-order valence-electron chi connectivity index (χ0n) is 14.9. The number of likely N-dealkylation sites (tertiary alicyclic amines) is 1. The molecule has 0 aromatic carbocycles. The molecule has 23 heavy (non-hydrogen) atoms. The van der Waals surface area contributed by atoms with E-state index in [4.69, 9.17) is 9.73 Å². The average molecular weight is 343 g/mol. The fourth-order valence-corrected chi connectivity index (χ4v) is 3.78. The summed E-state index contributed by atoms with van der Waals surface area (Å²) in [5.74, 6) is 3.15. The molecule has 0 amide bonds. The summed E-state index contributed by atoms with van der Waals surface area (Å²) >= 11 is 1.92. The summed E-state index contributed by atoms with van der Waals surface area (Å²) in [5, 5.41) is 3.48. The van der Waals surface area contributed by atoms with Crippen molar-refractivity contribution in [2.24, 2.45) is 10.9 Å². The van der Waals surface area contributed by atoms with Crippen LogP contribution in [-0.4, -0.2) is 86.8 Å². The van der Waals surface area contributed by atoms with Crippen molar-refractivity contribution in [2.75, 3.05) is 71.0 Å². The Balaban J connectivity index is 1.74. The minimum atomic E-state index is 0.772. The van der Waals surface area contributed by atoms with E-state index in [0.717, 1.165) is 64.4 Å². The number of thioether (sulfide) groups is 1. The average Bonchev–Trinajstić information content (AvgIpc) is 3.03. The van der Waals surface area contributed by atoms with E-state index in [1.807, 2.05) is 11.8 Å². The molecule has 0 aliphatic carbocycles. The first-order valence-electron chi connectivity index (χ1n) is 9.15. The fourth-order valence-electron chi connectivity index (χ4n) is 3.29. The summed E-state index contributed by atoms with van der Waals surface area (Å²) in [6, 6.07) is 0. The number of ether oxygens (including phenoxy) is 1. The van der Waals surface area contributed by atoms with Gasteiger partial charge in [0, 0.05) is 45.8 Å². The highest BCUT2D eigenvalue weighted by Crippen LogP contribution is 2.18. The van der Waals surface area contributed by atoms with Gasteiger partial charge in [-0.1, -0.05) is 0 Å². The van der Waals surface area contributed by atoms with Crippen LogP contribution in [0.25, 0.3) is 0 Å². The van der Waals surface area contributed by atoms with Gasteiger partial charge in [0.1, 0.15) is 0 Å². The van der Waals surface area contributed by atoms with Crippen LogP contribution in [-0.2, 0) is 4.74 Å². The topological polar surface area (TPSA) is 40.1 Å². The lowest BCUT2D eigenvalue weighted by molar-refractivity contribution is 0.0315. The van der Waals surface area contributed by atoms with Crippen LogP contribution in [0.15, 0.2) is 4.99 Å². The molecule has 0 aromatic heterocycles. The third kappa shape index (κ3) is 6.89. The maximum Gasteiger partial charge on any atom is 0.193 e. The molecule has 0 aromatic rings. The molecule has 5 nitrogen and oxygen atoms in total. The first kappa shape index (κ1) is 18.9. The van der Waals surface area contributed by atoms with Crippen LogP contribution in [0.5, 0.6) is 0 Å². The van der Waals surface area contributed by atoms with Gasteiger partial charge in [-0.2, -0.15) is 11.8 Å². The van der Waals surface area contributed by atoms with Crippen molar-refractivity contribution in [1.29, 1.82) is 0 Å². The molecule has 2 aliphatic heterocycles. The monoisotopic (exact) mass is 342 g/mol. The Hall–Kier alpha value is -0.460. The van der Waals surface area contributed by atoms with Crippen molar-refractivity contribution in [3.8, 4) is 0 Å². The van der Waals surface area contributed by atoms with E-state index >= 15 is 0 Å². The van der Waals surface area contributed by atoms with E-state index in [1.165, 1.54) is 31.6 Å². The first-order chi connectivity index (χ1) is 11.3. The highest BCUT2D eigenvalue weighted by Gasteiger charge is 2.26. The maximum absolute atomic E-state index is 5.45. The Labute approximate surface area is 146 Å². The van der Waals surface area contributed by atoms with Crippen LogP contribution in [0, 0.1) is 5.92 Å². The number of nitrogens with one attached hydrogen (secondary N) is 1. The Kier molecular flexibility index (Phi) is 9.15. The normalized spacial score (nSPS) is 23.5. The van der Waals surface area contributed by atoms with Gasteiger partial charge in [-0.05, 0) is 44.1 Å². The Morgan fingerprint density at radius 2 is 2.09 bits per heavy atom. The molecule has 1 atom stereocenters. The number of aliphatic imine (C=N–C) groups is 1. The third-order valence-electron chi connectivity index (χ3n) is 4.56. The number of hydrogen-bond acceptors (Lipinski definition) is 4. The summed E-state index contributed by atoms with van der Waals surface area (Å²) in [6.45, 7) is 11.6. The van der Waals surface area contributed by atoms with Crippen LogP contribution < -0.4 is 5.32 Å². The molecule has 2 rings (SSSR count). The highest BCUT2D eigenvalue weighted by atomic mass is 32.2. The number of hydrogen-bond donors (Lipinski definition) is 1. The van der Waals surface area contributed by atoms with E-state index in [9.17, 15) is 0 Å². The van der Waals surface area contributed by atoms with Crippen molar-refractivity contribution < 1.29 is 4.74 Å². The second-order valence-electron chi connectivity index (χ2n) is 6.45. The van der Waals surface area contributed by atoms with Crippen molar-refractivity contribution in [1.82, 2.24) is 15.1 Å². The van der Waals surface area contributed by atoms with E-state index in [2.05, 4.69) is 28.3 Å². The molecule has 134 valence electrons. The van der Waals surface area contributed by atoms with Crippen LogP contribution in [0.3, 0.4) is 0 Å². The van der Waals surface area contributed by atoms with E-state index in [1.54, 1.807) is 0 Å². The number of unbranched alkanes of at least 4 members (excludes halogenated alkanes) is 1. The summed E-state index contributed by atoms with van der Waals surface area (Å²) in [5.41, 5.74) is 0. The predicted molar refractivity (Wildman–Crippen MR) is 101 cm³/mol. The number of guanidine groups is 1. The van der Waals surface area contributed by atoms with E-state index in [-0.39, 0.29) is 0 Å². The molecule has 2 saturated heterocycles. The van der Waals surface area contributed by atoms with Gasteiger partial charge in [-0.3, -0.25) is 9.89 Å². The van der Waals surface area contributed by atoms with Crippen molar-refractivity contribution >= 4 is 17.7 Å². The van der Waals surface area contributed by atoms with Gasteiger partial charge in [0.15, 0.2) is 5.96 Å². The van der Waals surface area contributed by atoms with Gasteiger partial charge in [0.05, 0.1) is 13.2 Å². The quantitative estimate of drug-likeness (QED) is 0.413. The van der Waals surface area contributed by atoms with Crippen LogP contribution in [0.4, 0.5) is 0 Å². The standard InChI is InChI=1S/C17H34N4OS/c1-3-18-17(19-7-4-5-13-23-2)21-8-6-16(15-21)14-20-9-11-22-12-10-20/h16H,3-15H2,1-2H3,(H,18,19). The van der Waals surface area contributed by atoms with E-state index < -0.39 is 0 Å². The second-order valence-corrected chi connectivity index (χ2v) is 7.43. The smallest absolute Gasteiger partial charge is 0.193 e. The molecule has 0 saturated carbocycles. The second kappa shape index (κ2) is 11.2. The summed E-state index contributed by atoms with van der Waals surface area (Å²) in [4.78, 5) is 9.86. The fraction of sp³-hybridized carbons (Fsp3) is 0.941. The highest BCUT2D eigenvalue weighted by molar-refractivity contribution is 7.98. The van der Waals surface area contributed by atoms with Crippen molar-refractivity contribution in [2.45, 2.75) is 26.2 Å². The molecule has 2 fully saturated rings. The summed E-state index contributed by atoms with van der Waals surface area (Å²) < 4.78 is 5.45. The largest absolute Gasteiger partial charge is 0.379 e. The Morgan fingerprint density at radius 1 is 1.26 bits per heavy atom. The van der Waals surface area contributed by atoms with Crippen molar-refractivity contribution in [3.63, 3.8) is 0 Å². The van der Waals surface area contributed by atoms with E-state index in [0.29, 0.717) is 0 Å². The van der Waals surface area contributed by atoms with Gasteiger partial charge >= 0.3 is 0 Å². The maximum atomic E-state index is 5.45. The van der Waals surface area contributed by atoms with Gasteiger partial charge in [0.2, 0.25) is 0 Å². The van der Waals surface area contributed by atoms with Gasteiger partial charge in [0.25, 0.3) is 0 Å². The Bertz CT molecular complexity index is 347. The molecular weight excluding hydrogens is 308 g/mol. The number of rotatable bonds is 8. The third-order valence-corrected chi connectivity index (χ3v) is 5.26. The van der Waals surface area contributed by atoms with Crippen LogP contribution in [0.1, 0.15) is 26.2 Å². The molecule has 1 unspecified atom stereocenters. The lowest BCUT2D eigenvalue weighted by atomic mass is 10.1. The molecule has 1 N–H and O–H groups in total. The molecule has 2 heterocycles. The number of nitrogens with zero attached hydrogens (tertiary/aromatic N) is 3. The summed E-state index contributed by atoms with van der Waals surface area (Å²) in [6.07, 6.45) is 5.92. The molecule has 2 aliphatic rings. The SMILES string of the molecule is CCNC(=NCCCCSC)N1CCC(CN2CCOCC2)C1. The predicted octanol–water partition coefficient (Wildman–Crippen LogP) is 1.75. The minimum Gasteiger partial charge on any atom is -0.379 e. The van der Waals surface area contributed by atoms with Crippen LogP contribution >= 0.6 is 11.8 Å². The lowest BCUT2D eigenvalue weighted by Gasteiger charge is -2.29. The molecule has 0 spiro atoms. The van der Waals surface area contributed by atoms with Gasteiger partial charge in [-0.15, -0.1) is 0 Å². The van der Waals surface area contributed by atoms with Crippen molar-refractivity contribution in [3.05, 3.63) is 0 Å². The minimum absolute atomic E-state index is 0.772. The first-order valence-corrected chi connectivity index (χ1v) is 10.5. The number of morpholine rings is 1. The lowest BCUT2D eigenvalue weighted by Crippen LogP contribution is -2.42. The van der Waals surface area contributed by atoms with Crippen LogP contribution in [0.2, 0.25) is 0 Å². The molecular formula is C17H34N4OS. The molecule has 0 bridgehead atoms. The molecule has 0 radical (unpaired) electrons. The van der Waals surface area contributed by atoms with Gasteiger partial charge < -0.3 is 15.0 Å². The van der Waals surface area contributed by atoms with Gasteiger partial charge in [-0.25, -0.2) is 0 Å². The zero-order chi connectivity index (χ0) is 16.3.